The van der Waals surface area contributed by atoms with E-state index in [-0.39, 0.29) is 0 Å². The highest BCUT2D eigenvalue weighted by Gasteiger charge is 1.86. The second-order valence-corrected chi connectivity index (χ2v) is 3.16. The Kier molecular flexibility index (Phi) is 2.93. The minimum absolute atomic E-state index is 0.643. The minimum Gasteiger partial charge on any atom is -0.198 e. The molecule has 0 N–H and O–H groups in total. The summed E-state index contributed by atoms with van der Waals surface area (Å²) in [5, 5.41) is 9.55. The summed E-state index contributed by atoms with van der Waals surface area (Å²) in [7, 11) is 0.643. The summed E-state index contributed by atoms with van der Waals surface area (Å²) in [6.45, 7) is 0. The van der Waals surface area contributed by atoms with Crippen LogP contribution in [0.5, 0.6) is 0 Å². The Morgan fingerprint density at radius 3 is 2.60 bits per heavy atom. The molecule has 1 aromatic carbocycles. The fourth-order valence-corrected chi connectivity index (χ4v) is 1.41. The van der Waals surface area contributed by atoms with Gasteiger partial charge in [0.2, 0.25) is 0 Å². The molecule has 0 saturated carbocycles. The zero-order valence-electron chi connectivity index (χ0n) is 5.54. The van der Waals surface area contributed by atoms with Gasteiger partial charge in [-0.25, -0.2) is 0 Å². The van der Waals surface area contributed by atoms with Gasteiger partial charge < -0.3 is 0 Å². The van der Waals surface area contributed by atoms with Gasteiger partial charge in [-0.3, -0.25) is 0 Å². The van der Waals surface area contributed by atoms with E-state index in [0.717, 1.165) is 0 Å². The normalized spacial score (nSPS) is 9.90. The van der Waals surface area contributed by atoms with E-state index in [2.05, 4.69) is 18.2 Å². The van der Waals surface area contributed by atoms with Gasteiger partial charge in [0.05, 0.1) is 12.2 Å². The lowest BCUT2D eigenvalue weighted by Crippen LogP contribution is -1.91. The summed E-state index contributed by atoms with van der Waals surface area (Å²) in [6.07, 6.45) is 0.643. The fraction of sp³-hybridized carbons (Fsp3) is 0.125. The SMILES string of the molecule is N#CCPc1ccccc1. The number of nitrogens with zero attached hydrogens (tertiary/aromatic N) is 1. The standard InChI is InChI=1S/C8H8NP/c9-6-7-10-8-4-2-1-3-5-8/h1-5,10H,7H2. The van der Waals surface area contributed by atoms with Crippen molar-refractivity contribution in [3.05, 3.63) is 30.3 Å². The van der Waals surface area contributed by atoms with Gasteiger partial charge in [0.25, 0.3) is 0 Å². The number of nitriles is 1. The lowest BCUT2D eigenvalue weighted by molar-refractivity contribution is 1.49. The van der Waals surface area contributed by atoms with Gasteiger partial charge in [0.1, 0.15) is 0 Å². The van der Waals surface area contributed by atoms with Gasteiger partial charge in [-0.05, 0) is 5.30 Å². The molecule has 0 saturated heterocycles. The third kappa shape index (κ3) is 2.17. The number of hydrogen-bond acceptors (Lipinski definition) is 1. The molecule has 1 atom stereocenters. The van der Waals surface area contributed by atoms with Crippen molar-refractivity contribution in [3.8, 4) is 6.07 Å². The van der Waals surface area contributed by atoms with Gasteiger partial charge in [0.15, 0.2) is 0 Å². The summed E-state index contributed by atoms with van der Waals surface area (Å²) < 4.78 is 0. The Morgan fingerprint density at radius 2 is 2.00 bits per heavy atom. The van der Waals surface area contributed by atoms with Crippen LogP contribution in [0.15, 0.2) is 30.3 Å². The summed E-state index contributed by atoms with van der Waals surface area (Å²) in [5.74, 6) is 0. The van der Waals surface area contributed by atoms with Gasteiger partial charge in [0, 0.05) is 0 Å². The van der Waals surface area contributed by atoms with Crippen molar-refractivity contribution in [3.63, 3.8) is 0 Å². The second kappa shape index (κ2) is 4.04. The van der Waals surface area contributed by atoms with E-state index >= 15 is 0 Å². The smallest absolute Gasteiger partial charge is 0.0669 e. The molecule has 1 unspecified atom stereocenters. The summed E-state index contributed by atoms with van der Waals surface area (Å²) >= 11 is 0. The summed E-state index contributed by atoms with van der Waals surface area (Å²) in [6, 6.07) is 12.2. The van der Waals surface area contributed by atoms with E-state index in [1.165, 1.54) is 5.30 Å². The molecule has 1 nitrogen and oxygen atoms in total. The minimum atomic E-state index is 0.643. The lowest BCUT2D eigenvalue weighted by Gasteiger charge is -1.93. The largest absolute Gasteiger partial charge is 0.198 e. The van der Waals surface area contributed by atoms with Crippen molar-refractivity contribution in [2.24, 2.45) is 0 Å². The monoisotopic (exact) mass is 149 g/mol. The molecule has 0 spiro atoms. The molecule has 2 heteroatoms. The third-order valence-corrected chi connectivity index (χ3v) is 2.22. The predicted octanol–water partition coefficient (Wildman–Crippen LogP) is 1.51. The highest BCUT2D eigenvalue weighted by Crippen LogP contribution is 2.06. The molecule has 0 amide bonds. The van der Waals surface area contributed by atoms with Crippen LogP contribution in [-0.4, -0.2) is 6.16 Å². The maximum atomic E-state index is 8.28. The summed E-state index contributed by atoms with van der Waals surface area (Å²) in [5.41, 5.74) is 0. The van der Waals surface area contributed by atoms with Crippen LogP contribution in [-0.2, 0) is 0 Å². The molecule has 10 heavy (non-hydrogen) atoms. The third-order valence-electron chi connectivity index (χ3n) is 1.15. The van der Waals surface area contributed by atoms with E-state index in [1.807, 2.05) is 18.2 Å². The Balaban J connectivity index is 2.52. The first-order valence-corrected chi connectivity index (χ1v) is 4.30. The van der Waals surface area contributed by atoms with Crippen LogP contribution in [0.25, 0.3) is 0 Å². The van der Waals surface area contributed by atoms with Crippen LogP contribution < -0.4 is 5.30 Å². The first-order valence-electron chi connectivity index (χ1n) is 3.09. The second-order valence-electron chi connectivity index (χ2n) is 1.88. The van der Waals surface area contributed by atoms with E-state index < -0.39 is 0 Å². The molecule has 0 radical (unpaired) electrons. The maximum Gasteiger partial charge on any atom is 0.0669 e. The predicted molar refractivity (Wildman–Crippen MR) is 44.9 cm³/mol. The van der Waals surface area contributed by atoms with E-state index in [1.54, 1.807) is 0 Å². The van der Waals surface area contributed by atoms with Gasteiger partial charge in [-0.2, -0.15) is 5.26 Å². The van der Waals surface area contributed by atoms with Crippen molar-refractivity contribution in [2.75, 3.05) is 6.16 Å². The van der Waals surface area contributed by atoms with Gasteiger partial charge >= 0.3 is 0 Å². The molecule has 0 aliphatic carbocycles. The van der Waals surface area contributed by atoms with Crippen LogP contribution in [0.2, 0.25) is 0 Å². The Hall–Kier alpha value is -0.860. The Morgan fingerprint density at radius 1 is 1.30 bits per heavy atom. The highest BCUT2D eigenvalue weighted by atomic mass is 31.1. The summed E-state index contributed by atoms with van der Waals surface area (Å²) in [4.78, 5) is 0. The van der Waals surface area contributed by atoms with E-state index in [4.69, 9.17) is 5.26 Å². The Bertz CT molecular complexity index is 225. The fourth-order valence-electron chi connectivity index (χ4n) is 0.698. The molecule has 50 valence electrons. The van der Waals surface area contributed by atoms with Crippen molar-refractivity contribution in [2.45, 2.75) is 0 Å². The lowest BCUT2D eigenvalue weighted by atomic mass is 10.4. The Labute approximate surface area is 62.5 Å². The van der Waals surface area contributed by atoms with Crippen molar-refractivity contribution < 1.29 is 0 Å². The molecule has 0 aliphatic rings. The topological polar surface area (TPSA) is 23.8 Å². The quantitative estimate of drug-likeness (QED) is 0.585. The van der Waals surface area contributed by atoms with E-state index in [0.29, 0.717) is 14.7 Å². The number of rotatable bonds is 2. The molecular weight excluding hydrogens is 141 g/mol. The van der Waals surface area contributed by atoms with Crippen LogP contribution >= 0.6 is 8.58 Å². The zero-order chi connectivity index (χ0) is 7.23. The molecular formula is C8H8NP. The average Bonchev–Trinajstić information content (AvgIpc) is 2.03. The highest BCUT2D eigenvalue weighted by molar-refractivity contribution is 7.47. The van der Waals surface area contributed by atoms with Crippen molar-refractivity contribution in [1.29, 1.82) is 5.26 Å². The molecule has 0 aromatic heterocycles. The zero-order valence-corrected chi connectivity index (χ0v) is 6.54. The van der Waals surface area contributed by atoms with Crippen LogP contribution in [0.1, 0.15) is 0 Å². The molecule has 0 aliphatic heterocycles. The first-order chi connectivity index (χ1) is 4.93. The maximum absolute atomic E-state index is 8.28. The number of benzene rings is 1. The van der Waals surface area contributed by atoms with Crippen LogP contribution in [0.3, 0.4) is 0 Å². The molecule has 1 aromatic rings. The van der Waals surface area contributed by atoms with Crippen molar-refractivity contribution in [1.82, 2.24) is 0 Å². The van der Waals surface area contributed by atoms with Crippen LogP contribution in [0.4, 0.5) is 0 Å². The van der Waals surface area contributed by atoms with E-state index in [9.17, 15) is 0 Å². The number of hydrogen-bond donors (Lipinski definition) is 0. The van der Waals surface area contributed by atoms with Gasteiger partial charge in [-0.1, -0.05) is 38.9 Å². The van der Waals surface area contributed by atoms with Gasteiger partial charge in [-0.15, -0.1) is 0 Å². The molecule has 0 heterocycles. The molecule has 0 bridgehead atoms. The van der Waals surface area contributed by atoms with Crippen molar-refractivity contribution >= 4 is 13.9 Å². The average molecular weight is 149 g/mol. The first kappa shape index (κ1) is 7.25. The molecule has 1 rings (SSSR count). The molecule has 0 fully saturated rings. The van der Waals surface area contributed by atoms with Crippen LogP contribution in [0, 0.1) is 11.3 Å².